The van der Waals surface area contributed by atoms with Gasteiger partial charge >= 0.3 is 5.97 Å². The maximum atomic E-state index is 11.6. The molecule has 0 N–H and O–H groups in total. The number of hydrogen-bond donors (Lipinski definition) is 0. The molecular formula is C12H11N5O2. The van der Waals surface area contributed by atoms with Crippen molar-refractivity contribution >= 4 is 17.7 Å². The van der Waals surface area contributed by atoms with Crippen LogP contribution in [0, 0.1) is 0 Å². The van der Waals surface area contributed by atoms with Crippen LogP contribution in [0.2, 0.25) is 0 Å². The van der Waals surface area contributed by atoms with E-state index in [-0.39, 0.29) is 12.3 Å². The minimum Gasteiger partial charge on any atom is -0.462 e. The SMILES string of the molecule is CCOC(=O)C(=Cc1cccn2ccnc12)N=[N+]=[N-]. The van der Waals surface area contributed by atoms with Crippen molar-refractivity contribution in [1.82, 2.24) is 9.38 Å². The first kappa shape index (κ1) is 12.7. The zero-order valence-corrected chi connectivity index (χ0v) is 10.2. The number of carbonyl (C=O) groups is 1. The zero-order chi connectivity index (χ0) is 13.7. The van der Waals surface area contributed by atoms with E-state index in [1.54, 1.807) is 35.9 Å². The van der Waals surface area contributed by atoms with Gasteiger partial charge in [-0.05, 0) is 30.7 Å². The first-order valence-corrected chi connectivity index (χ1v) is 5.62. The lowest BCUT2D eigenvalue weighted by Crippen LogP contribution is -2.05. The number of nitrogens with zero attached hydrogens (tertiary/aromatic N) is 5. The molecule has 0 aromatic carbocycles. The van der Waals surface area contributed by atoms with E-state index >= 15 is 0 Å². The van der Waals surface area contributed by atoms with E-state index in [2.05, 4.69) is 15.0 Å². The molecule has 0 unspecified atom stereocenters. The third-order valence-corrected chi connectivity index (χ3v) is 2.38. The predicted molar refractivity (Wildman–Crippen MR) is 68.9 cm³/mol. The molecule has 0 atom stereocenters. The molecule has 0 amide bonds. The van der Waals surface area contributed by atoms with E-state index in [1.807, 2.05) is 6.20 Å². The van der Waals surface area contributed by atoms with E-state index < -0.39 is 5.97 Å². The fraction of sp³-hybridized carbons (Fsp3) is 0.167. The molecular weight excluding hydrogens is 246 g/mol. The summed E-state index contributed by atoms with van der Waals surface area (Å²) >= 11 is 0. The molecule has 0 aliphatic carbocycles. The summed E-state index contributed by atoms with van der Waals surface area (Å²) in [7, 11) is 0. The van der Waals surface area contributed by atoms with Crippen LogP contribution in [0.25, 0.3) is 22.2 Å². The van der Waals surface area contributed by atoms with E-state index in [0.717, 1.165) is 0 Å². The summed E-state index contributed by atoms with van der Waals surface area (Å²) < 4.78 is 6.62. The van der Waals surface area contributed by atoms with Crippen molar-refractivity contribution in [2.75, 3.05) is 6.61 Å². The number of fused-ring (bicyclic) bond motifs is 1. The third-order valence-electron chi connectivity index (χ3n) is 2.38. The number of rotatable bonds is 4. The zero-order valence-electron chi connectivity index (χ0n) is 10.2. The summed E-state index contributed by atoms with van der Waals surface area (Å²) in [5.41, 5.74) is 9.73. The van der Waals surface area contributed by atoms with E-state index in [9.17, 15) is 4.79 Å². The van der Waals surface area contributed by atoms with Gasteiger partial charge in [0.05, 0.1) is 6.61 Å². The average molecular weight is 257 g/mol. The van der Waals surface area contributed by atoms with Crippen LogP contribution in [0.1, 0.15) is 12.5 Å². The molecule has 0 saturated heterocycles. The molecule has 2 rings (SSSR count). The third kappa shape index (κ3) is 2.72. The van der Waals surface area contributed by atoms with Gasteiger partial charge < -0.3 is 9.14 Å². The summed E-state index contributed by atoms with van der Waals surface area (Å²) in [5.74, 6) is -0.658. The monoisotopic (exact) mass is 257 g/mol. The Morgan fingerprint density at radius 2 is 2.47 bits per heavy atom. The summed E-state index contributed by atoms with van der Waals surface area (Å²) in [6, 6.07) is 3.58. The van der Waals surface area contributed by atoms with Gasteiger partial charge in [-0.25, -0.2) is 9.78 Å². The molecule has 2 aromatic heterocycles. The molecule has 19 heavy (non-hydrogen) atoms. The highest BCUT2D eigenvalue weighted by Crippen LogP contribution is 2.14. The summed E-state index contributed by atoms with van der Waals surface area (Å²) in [5, 5.41) is 3.36. The van der Waals surface area contributed by atoms with E-state index in [0.29, 0.717) is 11.2 Å². The molecule has 0 radical (unpaired) electrons. The number of azide groups is 1. The van der Waals surface area contributed by atoms with Gasteiger partial charge in [-0.1, -0.05) is 5.11 Å². The number of esters is 1. The van der Waals surface area contributed by atoms with Crippen LogP contribution in [0.5, 0.6) is 0 Å². The molecule has 7 heteroatoms. The molecule has 7 nitrogen and oxygen atoms in total. The number of ether oxygens (including phenoxy) is 1. The number of hydrogen-bond acceptors (Lipinski definition) is 4. The molecule has 0 aliphatic rings. The van der Waals surface area contributed by atoms with E-state index in [4.69, 9.17) is 10.3 Å². The predicted octanol–water partition coefficient (Wildman–Crippen LogP) is 2.55. The van der Waals surface area contributed by atoms with Gasteiger partial charge in [0.25, 0.3) is 0 Å². The van der Waals surface area contributed by atoms with Crippen molar-refractivity contribution < 1.29 is 9.53 Å². The van der Waals surface area contributed by atoms with Crippen molar-refractivity contribution in [2.45, 2.75) is 6.92 Å². The van der Waals surface area contributed by atoms with Crippen molar-refractivity contribution in [3.8, 4) is 0 Å². The molecule has 0 spiro atoms. The number of imidazole rings is 1. The van der Waals surface area contributed by atoms with Crippen LogP contribution < -0.4 is 0 Å². The fourth-order valence-corrected chi connectivity index (χ4v) is 1.61. The summed E-state index contributed by atoms with van der Waals surface area (Å²) in [4.78, 5) is 18.4. The Morgan fingerprint density at radius 3 is 3.21 bits per heavy atom. The Balaban J connectivity index is 2.49. The minimum absolute atomic E-state index is 0.0968. The van der Waals surface area contributed by atoms with Crippen LogP contribution >= 0.6 is 0 Å². The van der Waals surface area contributed by atoms with Gasteiger partial charge in [-0.3, -0.25) is 0 Å². The van der Waals surface area contributed by atoms with Crippen LogP contribution in [-0.4, -0.2) is 22.0 Å². The Labute approximate surface area is 108 Å². The highest BCUT2D eigenvalue weighted by Gasteiger charge is 2.10. The Bertz CT molecular complexity index is 682. The van der Waals surface area contributed by atoms with Gasteiger partial charge in [0.15, 0.2) is 0 Å². The lowest BCUT2D eigenvalue weighted by molar-refractivity contribution is -0.138. The first-order valence-electron chi connectivity index (χ1n) is 5.62. The van der Waals surface area contributed by atoms with Gasteiger partial charge in [-0.2, -0.15) is 0 Å². The lowest BCUT2D eigenvalue weighted by atomic mass is 10.2. The van der Waals surface area contributed by atoms with Crippen LogP contribution in [0.4, 0.5) is 0 Å². The largest absolute Gasteiger partial charge is 0.462 e. The van der Waals surface area contributed by atoms with Crippen LogP contribution in [-0.2, 0) is 9.53 Å². The first-order chi connectivity index (χ1) is 9.26. The van der Waals surface area contributed by atoms with Crippen molar-refractivity contribution in [3.63, 3.8) is 0 Å². The topological polar surface area (TPSA) is 92.4 Å². The Morgan fingerprint density at radius 1 is 1.63 bits per heavy atom. The number of carbonyl (C=O) groups excluding carboxylic acids is 1. The van der Waals surface area contributed by atoms with Crippen molar-refractivity contribution in [2.24, 2.45) is 5.11 Å². The van der Waals surface area contributed by atoms with Crippen molar-refractivity contribution in [3.05, 3.63) is 52.4 Å². The molecule has 0 fully saturated rings. The minimum atomic E-state index is -0.658. The molecule has 2 aromatic rings. The normalized spacial score (nSPS) is 11.1. The van der Waals surface area contributed by atoms with Crippen LogP contribution in [0.3, 0.4) is 0 Å². The molecule has 2 heterocycles. The Kier molecular flexibility index (Phi) is 3.80. The van der Waals surface area contributed by atoms with Gasteiger partial charge in [-0.15, -0.1) is 0 Å². The smallest absolute Gasteiger partial charge is 0.340 e. The average Bonchev–Trinajstić information content (AvgIpc) is 2.87. The van der Waals surface area contributed by atoms with Crippen molar-refractivity contribution in [1.29, 1.82) is 0 Å². The second-order valence-electron chi connectivity index (χ2n) is 3.56. The molecule has 0 saturated carbocycles. The molecule has 96 valence electrons. The van der Waals surface area contributed by atoms with Crippen LogP contribution in [0.15, 0.2) is 41.5 Å². The number of pyridine rings is 1. The van der Waals surface area contributed by atoms with Gasteiger partial charge in [0, 0.05) is 29.1 Å². The second-order valence-corrected chi connectivity index (χ2v) is 3.56. The standard InChI is InChI=1S/C12H11N5O2/c1-2-19-12(18)10(15-16-13)8-9-4-3-6-17-7-5-14-11(9)17/h3-8H,2H2,1H3. The highest BCUT2D eigenvalue weighted by atomic mass is 16.5. The maximum absolute atomic E-state index is 11.6. The number of aromatic nitrogens is 2. The molecule has 0 aliphatic heterocycles. The van der Waals surface area contributed by atoms with Gasteiger partial charge in [0.1, 0.15) is 11.3 Å². The lowest BCUT2D eigenvalue weighted by Gasteiger charge is -2.02. The molecule has 0 bridgehead atoms. The highest BCUT2D eigenvalue weighted by molar-refractivity contribution is 5.94. The summed E-state index contributed by atoms with van der Waals surface area (Å²) in [6.45, 7) is 1.89. The van der Waals surface area contributed by atoms with Gasteiger partial charge in [0.2, 0.25) is 0 Å². The van der Waals surface area contributed by atoms with E-state index in [1.165, 1.54) is 6.08 Å². The fourth-order valence-electron chi connectivity index (χ4n) is 1.61. The Hall–Kier alpha value is -2.79. The second kappa shape index (κ2) is 5.70. The maximum Gasteiger partial charge on any atom is 0.340 e. The quantitative estimate of drug-likeness (QED) is 0.277. The summed E-state index contributed by atoms with van der Waals surface area (Å²) in [6.07, 6.45) is 6.71.